The minimum atomic E-state index is -3.63. The Morgan fingerprint density at radius 1 is 1.22 bits per heavy atom. The highest BCUT2D eigenvalue weighted by Gasteiger charge is 2.18. The van der Waals surface area contributed by atoms with Gasteiger partial charge >= 0.3 is 0 Å². The van der Waals surface area contributed by atoms with Crippen molar-refractivity contribution in [3.05, 3.63) is 41.2 Å². The number of nitrogens with zero attached hydrogens (tertiary/aromatic N) is 2. The lowest BCUT2D eigenvalue weighted by atomic mass is 10.2. The standard InChI is InChI=1S/C22H20N2O6S2/c1-3-9-24-17-13-18-19(30-11-10-29-18)14-20(17)31-22(24)23-21(25)8-12-32(26,27)16-6-4-15(28-2)5-7-16/h1,4-7,13-14H,8-12H2,2H3. The third kappa shape index (κ3) is 4.49. The molecule has 4 rings (SSSR count). The van der Waals surface area contributed by atoms with Crippen molar-refractivity contribution >= 4 is 37.3 Å². The number of thiazole rings is 1. The fraction of sp³-hybridized carbons (Fsp3) is 0.273. The molecule has 3 aromatic rings. The maximum atomic E-state index is 12.6. The van der Waals surface area contributed by atoms with Gasteiger partial charge in [-0.15, -0.1) is 6.42 Å². The molecule has 2 heterocycles. The maximum absolute atomic E-state index is 12.6. The Labute approximate surface area is 189 Å². The van der Waals surface area contributed by atoms with Crippen LogP contribution in [0.3, 0.4) is 0 Å². The van der Waals surface area contributed by atoms with Crippen LogP contribution in [-0.4, -0.2) is 45.0 Å². The van der Waals surface area contributed by atoms with Gasteiger partial charge in [0.25, 0.3) is 0 Å². The average molecular weight is 473 g/mol. The van der Waals surface area contributed by atoms with Gasteiger partial charge in [-0.3, -0.25) is 4.79 Å². The van der Waals surface area contributed by atoms with E-state index in [-0.39, 0.29) is 23.6 Å². The molecule has 0 spiro atoms. The highest BCUT2D eigenvalue weighted by molar-refractivity contribution is 7.91. The van der Waals surface area contributed by atoms with Crippen LogP contribution in [0.15, 0.2) is 46.3 Å². The van der Waals surface area contributed by atoms with Gasteiger partial charge in [-0.2, -0.15) is 4.99 Å². The van der Waals surface area contributed by atoms with Gasteiger partial charge in [-0.05, 0) is 24.3 Å². The molecule has 0 aliphatic carbocycles. The lowest BCUT2D eigenvalue weighted by Gasteiger charge is -2.18. The zero-order valence-corrected chi connectivity index (χ0v) is 18.9. The summed E-state index contributed by atoms with van der Waals surface area (Å²) < 4.78 is 44.0. The number of aromatic nitrogens is 1. The van der Waals surface area contributed by atoms with E-state index in [2.05, 4.69) is 10.9 Å². The number of hydrogen-bond donors (Lipinski definition) is 0. The van der Waals surface area contributed by atoms with Crippen LogP contribution in [0.25, 0.3) is 10.2 Å². The molecule has 0 unspecified atom stereocenters. The summed E-state index contributed by atoms with van der Waals surface area (Å²) in [4.78, 5) is 17.2. The lowest BCUT2D eigenvalue weighted by molar-refractivity contribution is -0.117. The van der Waals surface area contributed by atoms with Crippen LogP contribution in [0.2, 0.25) is 0 Å². The molecule has 8 nitrogen and oxygen atoms in total. The summed E-state index contributed by atoms with van der Waals surface area (Å²) in [6, 6.07) is 9.68. The number of benzene rings is 2. The van der Waals surface area contributed by atoms with Crippen molar-refractivity contribution in [2.45, 2.75) is 17.9 Å². The van der Waals surface area contributed by atoms with Crippen LogP contribution in [0.5, 0.6) is 17.2 Å². The Hall–Kier alpha value is -3.29. The molecule has 1 amide bonds. The number of amides is 1. The third-order valence-electron chi connectivity index (χ3n) is 4.82. The van der Waals surface area contributed by atoms with Crippen molar-refractivity contribution in [2.24, 2.45) is 4.99 Å². The number of terminal acetylenes is 1. The van der Waals surface area contributed by atoms with Crippen molar-refractivity contribution in [3.8, 4) is 29.6 Å². The molecule has 0 bridgehead atoms. The lowest BCUT2D eigenvalue weighted by Crippen LogP contribution is -2.18. The van der Waals surface area contributed by atoms with E-state index in [0.29, 0.717) is 35.3 Å². The molecule has 0 saturated heterocycles. The summed E-state index contributed by atoms with van der Waals surface area (Å²) in [5.74, 6) is 3.45. The van der Waals surface area contributed by atoms with E-state index >= 15 is 0 Å². The van der Waals surface area contributed by atoms with Gasteiger partial charge in [0.15, 0.2) is 26.1 Å². The first kappa shape index (κ1) is 21.9. The predicted molar refractivity (Wildman–Crippen MR) is 120 cm³/mol. The molecule has 1 aromatic heterocycles. The summed E-state index contributed by atoms with van der Waals surface area (Å²) in [5, 5.41) is 0. The van der Waals surface area contributed by atoms with Crippen molar-refractivity contribution < 1.29 is 27.4 Å². The largest absolute Gasteiger partial charge is 0.497 e. The summed E-state index contributed by atoms with van der Waals surface area (Å²) in [6.45, 7) is 1.12. The second-order valence-electron chi connectivity index (χ2n) is 6.89. The number of rotatable bonds is 6. The second kappa shape index (κ2) is 9.06. The first-order valence-corrected chi connectivity index (χ1v) is 12.2. The van der Waals surface area contributed by atoms with Crippen LogP contribution in [0, 0.1) is 12.3 Å². The summed E-state index contributed by atoms with van der Waals surface area (Å²) in [7, 11) is -2.13. The molecule has 32 heavy (non-hydrogen) atoms. The molecule has 1 aliphatic rings. The van der Waals surface area contributed by atoms with Gasteiger partial charge in [0.05, 0.1) is 34.5 Å². The van der Waals surface area contributed by atoms with E-state index in [1.807, 2.05) is 12.1 Å². The Bertz CT molecular complexity index is 1380. The van der Waals surface area contributed by atoms with E-state index < -0.39 is 15.7 Å². The van der Waals surface area contributed by atoms with E-state index in [0.717, 1.165) is 10.2 Å². The smallest absolute Gasteiger partial charge is 0.249 e. The van der Waals surface area contributed by atoms with Crippen LogP contribution in [0.4, 0.5) is 0 Å². The number of carbonyl (C=O) groups is 1. The SMILES string of the molecule is C#CCn1c(=NC(=O)CCS(=O)(=O)c2ccc(OC)cc2)sc2cc3c(cc21)OCCO3. The predicted octanol–water partition coefficient (Wildman–Crippen LogP) is 2.41. The molecule has 0 radical (unpaired) electrons. The third-order valence-corrected chi connectivity index (χ3v) is 7.59. The van der Waals surface area contributed by atoms with Crippen LogP contribution in [0.1, 0.15) is 6.42 Å². The number of ether oxygens (including phenoxy) is 3. The van der Waals surface area contributed by atoms with E-state index in [4.69, 9.17) is 20.6 Å². The molecule has 0 N–H and O–H groups in total. The van der Waals surface area contributed by atoms with Gasteiger partial charge in [-0.1, -0.05) is 17.3 Å². The molecule has 10 heteroatoms. The zero-order chi connectivity index (χ0) is 22.7. The van der Waals surface area contributed by atoms with Gasteiger partial charge in [0.1, 0.15) is 19.0 Å². The Morgan fingerprint density at radius 2 is 1.91 bits per heavy atom. The monoisotopic (exact) mass is 472 g/mol. The van der Waals surface area contributed by atoms with E-state index in [1.165, 1.54) is 30.6 Å². The Kier molecular flexibility index (Phi) is 6.21. The van der Waals surface area contributed by atoms with Gasteiger partial charge < -0.3 is 18.8 Å². The Morgan fingerprint density at radius 3 is 2.56 bits per heavy atom. The quantitative estimate of drug-likeness (QED) is 0.511. The first-order chi connectivity index (χ1) is 15.4. The molecule has 0 saturated carbocycles. The molecule has 166 valence electrons. The fourth-order valence-corrected chi connectivity index (χ4v) is 5.51. The van der Waals surface area contributed by atoms with E-state index in [9.17, 15) is 13.2 Å². The van der Waals surface area contributed by atoms with Crippen molar-refractivity contribution in [3.63, 3.8) is 0 Å². The van der Waals surface area contributed by atoms with Crippen molar-refractivity contribution in [2.75, 3.05) is 26.1 Å². The molecule has 1 aliphatic heterocycles. The van der Waals surface area contributed by atoms with Crippen molar-refractivity contribution in [1.82, 2.24) is 4.57 Å². The van der Waals surface area contributed by atoms with Crippen LogP contribution < -0.4 is 19.0 Å². The summed E-state index contributed by atoms with van der Waals surface area (Å²) in [5.41, 5.74) is 0.773. The topological polar surface area (TPSA) is 96.2 Å². The highest BCUT2D eigenvalue weighted by atomic mass is 32.2. The summed E-state index contributed by atoms with van der Waals surface area (Å²) >= 11 is 1.28. The number of fused-ring (bicyclic) bond motifs is 2. The molecule has 2 aromatic carbocycles. The normalized spacial score (nSPS) is 13.7. The number of sulfone groups is 1. The minimum Gasteiger partial charge on any atom is -0.497 e. The van der Waals surface area contributed by atoms with Gasteiger partial charge in [0, 0.05) is 18.6 Å². The zero-order valence-electron chi connectivity index (χ0n) is 17.2. The molecule has 0 fully saturated rings. The second-order valence-corrected chi connectivity index (χ2v) is 10.0. The average Bonchev–Trinajstić information content (AvgIpc) is 3.12. The fourth-order valence-electron chi connectivity index (χ4n) is 3.22. The number of methoxy groups -OCH3 is 1. The minimum absolute atomic E-state index is 0.126. The Balaban J connectivity index is 1.59. The number of hydrogen-bond acceptors (Lipinski definition) is 7. The van der Waals surface area contributed by atoms with Gasteiger partial charge in [0.2, 0.25) is 5.91 Å². The molecular weight excluding hydrogens is 452 g/mol. The van der Waals surface area contributed by atoms with Crippen molar-refractivity contribution in [1.29, 1.82) is 0 Å². The van der Waals surface area contributed by atoms with Gasteiger partial charge in [-0.25, -0.2) is 8.42 Å². The highest BCUT2D eigenvalue weighted by Crippen LogP contribution is 2.35. The summed E-state index contributed by atoms with van der Waals surface area (Å²) in [6.07, 6.45) is 5.26. The van der Waals surface area contributed by atoms with Crippen LogP contribution >= 0.6 is 11.3 Å². The molecule has 0 atom stereocenters. The first-order valence-electron chi connectivity index (χ1n) is 9.72. The maximum Gasteiger partial charge on any atom is 0.249 e. The number of carbonyl (C=O) groups excluding carboxylic acids is 1. The molecular formula is C22H20N2O6S2. The van der Waals surface area contributed by atoms with Crippen LogP contribution in [-0.2, 0) is 21.2 Å². The van der Waals surface area contributed by atoms with E-state index in [1.54, 1.807) is 16.7 Å².